The van der Waals surface area contributed by atoms with E-state index in [0.29, 0.717) is 43.8 Å². The highest BCUT2D eigenvalue weighted by atomic mass is 35.5. The topological polar surface area (TPSA) is 56.4 Å². The lowest BCUT2D eigenvalue weighted by atomic mass is 9.71. The Balaban J connectivity index is 1.19. The third kappa shape index (κ3) is 4.04. The lowest BCUT2D eigenvalue weighted by molar-refractivity contribution is -0.0289. The second-order valence-electron chi connectivity index (χ2n) is 9.45. The standard InChI is InChI=1S/C25H23ClF3N3O2/c1-24(28,29)18-4-2-15(11-19(18)27)22(33)32-13-25(14-32)6-8-31(9-7-25)23(34)21-12-16-10-17(26)3-5-20(16)30-21/h2-5,10-12,30H,6-9,13-14H2,1H3. The zero-order chi connectivity index (χ0) is 24.3. The maximum atomic E-state index is 14.1. The number of carbonyl (C=O) groups is 2. The number of alkyl halides is 2. The van der Waals surface area contributed by atoms with Gasteiger partial charge in [-0.2, -0.15) is 0 Å². The Bertz CT molecular complexity index is 1280. The normalized spacial score (nSPS) is 17.8. The summed E-state index contributed by atoms with van der Waals surface area (Å²) in [7, 11) is 0. The van der Waals surface area contributed by atoms with Gasteiger partial charge in [-0.3, -0.25) is 9.59 Å². The van der Waals surface area contributed by atoms with Crippen molar-refractivity contribution in [1.82, 2.24) is 14.8 Å². The SMILES string of the molecule is CC(F)(F)c1ccc(C(=O)N2CC3(CCN(C(=O)c4cc5cc(Cl)ccc5[nH]4)CC3)C2)cc1F. The van der Waals surface area contributed by atoms with Crippen molar-refractivity contribution in [3.63, 3.8) is 0 Å². The van der Waals surface area contributed by atoms with Crippen molar-refractivity contribution >= 4 is 34.3 Å². The second kappa shape index (κ2) is 8.05. The Morgan fingerprint density at radius 1 is 1.00 bits per heavy atom. The van der Waals surface area contributed by atoms with Crippen LogP contribution in [0.5, 0.6) is 0 Å². The van der Waals surface area contributed by atoms with Crippen molar-refractivity contribution in [2.24, 2.45) is 5.41 Å². The second-order valence-corrected chi connectivity index (χ2v) is 9.89. The number of carbonyl (C=O) groups excluding carboxylic acids is 2. The van der Waals surface area contributed by atoms with E-state index in [2.05, 4.69) is 4.98 Å². The van der Waals surface area contributed by atoms with Gasteiger partial charge < -0.3 is 14.8 Å². The smallest absolute Gasteiger partial charge is 0.273 e. The number of piperidine rings is 1. The molecule has 5 rings (SSSR count). The van der Waals surface area contributed by atoms with Gasteiger partial charge in [0.15, 0.2) is 0 Å². The van der Waals surface area contributed by atoms with Gasteiger partial charge in [0.1, 0.15) is 11.5 Å². The zero-order valence-electron chi connectivity index (χ0n) is 18.5. The van der Waals surface area contributed by atoms with E-state index in [1.165, 1.54) is 6.07 Å². The summed E-state index contributed by atoms with van der Waals surface area (Å²) in [4.78, 5) is 32.3. The first-order chi connectivity index (χ1) is 16.0. The predicted molar refractivity (Wildman–Crippen MR) is 123 cm³/mol. The van der Waals surface area contributed by atoms with Crippen LogP contribution in [0.25, 0.3) is 10.9 Å². The molecule has 9 heteroatoms. The van der Waals surface area contributed by atoms with Crippen LogP contribution in [0, 0.1) is 11.2 Å². The van der Waals surface area contributed by atoms with E-state index in [0.717, 1.165) is 35.9 Å². The molecule has 2 aliphatic heterocycles. The Hall–Kier alpha value is -3.00. The number of nitrogens with zero attached hydrogens (tertiary/aromatic N) is 2. The molecule has 0 radical (unpaired) electrons. The summed E-state index contributed by atoms with van der Waals surface area (Å²) in [6, 6.07) is 10.3. The fraction of sp³-hybridized carbons (Fsp3) is 0.360. The number of likely N-dealkylation sites (tertiary alicyclic amines) is 2. The van der Waals surface area contributed by atoms with Crippen LogP contribution >= 0.6 is 11.6 Å². The van der Waals surface area contributed by atoms with Gasteiger partial charge in [0.05, 0.1) is 5.56 Å². The number of amides is 2. The summed E-state index contributed by atoms with van der Waals surface area (Å²) in [6.45, 7) is 2.78. The van der Waals surface area contributed by atoms with E-state index in [1.54, 1.807) is 21.9 Å². The number of aromatic amines is 1. The number of halogens is 4. The third-order valence-corrected chi connectivity index (χ3v) is 7.19. The molecule has 2 saturated heterocycles. The molecule has 1 aromatic heterocycles. The molecule has 3 heterocycles. The molecule has 1 N–H and O–H groups in total. The van der Waals surface area contributed by atoms with E-state index in [-0.39, 0.29) is 22.8 Å². The van der Waals surface area contributed by atoms with Gasteiger partial charge in [0.2, 0.25) is 0 Å². The Labute approximate surface area is 199 Å². The maximum Gasteiger partial charge on any atom is 0.273 e. The fourth-order valence-corrected chi connectivity index (χ4v) is 5.16. The molecule has 3 aromatic rings. The molecule has 0 atom stereocenters. The molecule has 5 nitrogen and oxygen atoms in total. The number of H-pyrrole nitrogens is 1. The molecular formula is C25H23ClF3N3O2. The van der Waals surface area contributed by atoms with Crippen LogP contribution in [0.3, 0.4) is 0 Å². The number of fused-ring (bicyclic) bond motifs is 1. The molecule has 34 heavy (non-hydrogen) atoms. The molecule has 0 bridgehead atoms. The summed E-state index contributed by atoms with van der Waals surface area (Å²) in [5, 5.41) is 1.49. The highest BCUT2D eigenvalue weighted by Crippen LogP contribution is 2.41. The molecule has 178 valence electrons. The molecule has 0 aliphatic carbocycles. The van der Waals surface area contributed by atoms with Crippen LogP contribution < -0.4 is 0 Å². The largest absolute Gasteiger partial charge is 0.351 e. The van der Waals surface area contributed by atoms with Crippen molar-refractivity contribution in [3.05, 3.63) is 70.1 Å². The molecule has 2 amide bonds. The van der Waals surface area contributed by atoms with Crippen molar-refractivity contribution in [2.45, 2.75) is 25.7 Å². The minimum absolute atomic E-state index is 0.0619. The number of nitrogens with one attached hydrogen (secondary N) is 1. The monoisotopic (exact) mass is 489 g/mol. The highest BCUT2D eigenvalue weighted by Gasteiger charge is 2.47. The summed E-state index contributed by atoms with van der Waals surface area (Å²) >= 11 is 6.03. The minimum atomic E-state index is -3.31. The van der Waals surface area contributed by atoms with Gasteiger partial charge in [-0.15, -0.1) is 0 Å². The number of rotatable bonds is 3. The first-order valence-corrected chi connectivity index (χ1v) is 11.5. The van der Waals surface area contributed by atoms with Crippen molar-refractivity contribution in [2.75, 3.05) is 26.2 Å². The number of aromatic nitrogens is 1. The van der Waals surface area contributed by atoms with E-state index in [9.17, 15) is 22.8 Å². The van der Waals surface area contributed by atoms with Gasteiger partial charge >= 0.3 is 0 Å². The summed E-state index contributed by atoms with van der Waals surface area (Å²) in [6.07, 6.45) is 1.51. The zero-order valence-corrected chi connectivity index (χ0v) is 19.3. The molecular weight excluding hydrogens is 467 g/mol. The lowest BCUT2D eigenvalue weighted by Gasteiger charge is -2.54. The van der Waals surface area contributed by atoms with Crippen LogP contribution in [-0.4, -0.2) is 52.8 Å². The molecule has 1 spiro atoms. The van der Waals surface area contributed by atoms with Crippen LogP contribution in [0.4, 0.5) is 13.2 Å². The van der Waals surface area contributed by atoms with Crippen LogP contribution in [-0.2, 0) is 5.92 Å². The lowest BCUT2D eigenvalue weighted by Crippen LogP contribution is -2.62. The van der Waals surface area contributed by atoms with Gasteiger partial charge in [0, 0.05) is 60.0 Å². The minimum Gasteiger partial charge on any atom is -0.351 e. The molecule has 2 aliphatic rings. The number of benzene rings is 2. The average Bonchev–Trinajstić information content (AvgIpc) is 3.19. The number of hydrogen-bond donors (Lipinski definition) is 1. The number of hydrogen-bond acceptors (Lipinski definition) is 2. The average molecular weight is 490 g/mol. The fourth-order valence-electron chi connectivity index (χ4n) is 4.98. The van der Waals surface area contributed by atoms with E-state index in [4.69, 9.17) is 11.6 Å². The Morgan fingerprint density at radius 3 is 2.35 bits per heavy atom. The Kier molecular flexibility index (Phi) is 5.39. The quantitative estimate of drug-likeness (QED) is 0.532. The van der Waals surface area contributed by atoms with Crippen molar-refractivity contribution in [1.29, 1.82) is 0 Å². The molecule has 0 saturated carbocycles. The Morgan fingerprint density at radius 2 is 1.71 bits per heavy atom. The first-order valence-electron chi connectivity index (χ1n) is 11.1. The van der Waals surface area contributed by atoms with E-state index >= 15 is 0 Å². The van der Waals surface area contributed by atoms with Crippen LogP contribution in [0.2, 0.25) is 5.02 Å². The highest BCUT2D eigenvalue weighted by molar-refractivity contribution is 6.31. The third-order valence-electron chi connectivity index (χ3n) is 6.95. The summed E-state index contributed by atoms with van der Waals surface area (Å²) in [5.41, 5.74) is 0.629. The first kappa shape index (κ1) is 22.8. The van der Waals surface area contributed by atoms with Gasteiger partial charge in [-0.25, -0.2) is 13.2 Å². The van der Waals surface area contributed by atoms with Crippen LogP contribution in [0.15, 0.2) is 42.5 Å². The summed E-state index contributed by atoms with van der Waals surface area (Å²) < 4.78 is 40.9. The van der Waals surface area contributed by atoms with Gasteiger partial charge in [-0.1, -0.05) is 11.6 Å². The van der Waals surface area contributed by atoms with Crippen LogP contribution in [0.1, 0.15) is 46.2 Å². The maximum absolute atomic E-state index is 14.1. The van der Waals surface area contributed by atoms with Crippen molar-refractivity contribution in [3.8, 4) is 0 Å². The predicted octanol–water partition coefficient (Wildman–Crippen LogP) is 5.45. The van der Waals surface area contributed by atoms with Gasteiger partial charge in [0.25, 0.3) is 17.7 Å². The van der Waals surface area contributed by atoms with E-state index < -0.39 is 17.3 Å². The molecule has 2 fully saturated rings. The molecule has 2 aromatic carbocycles. The van der Waals surface area contributed by atoms with E-state index in [1.807, 2.05) is 12.1 Å². The summed E-state index contributed by atoms with van der Waals surface area (Å²) in [5.74, 6) is -4.83. The molecule has 0 unspecified atom stereocenters. The van der Waals surface area contributed by atoms with Crippen molar-refractivity contribution < 1.29 is 22.8 Å². The van der Waals surface area contributed by atoms with Gasteiger partial charge in [-0.05, 0) is 55.3 Å².